The van der Waals surface area contributed by atoms with E-state index in [1.807, 2.05) is 6.92 Å². The molecule has 1 aliphatic rings. The van der Waals surface area contributed by atoms with Gasteiger partial charge in [-0.15, -0.1) is 0 Å². The van der Waals surface area contributed by atoms with Gasteiger partial charge in [0.15, 0.2) is 0 Å². The number of hydrogen-bond donors (Lipinski definition) is 1. The van der Waals surface area contributed by atoms with Crippen LogP contribution >= 0.6 is 0 Å². The quantitative estimate of drug-likeness (QED) is 0.926. The van der Waals surface area contributed by atoms with Gasteiger partial charge in [0.05, 0.1) is 17.7 Å². The first kappa shape index (κ1) is 14.5. The molecule has 1 aromatic carbocycles. The Kier molecular flexibility index (Phi) is 4.06. The van der Waals surface area contributed by atoms with Crippen molar-refractivity contribution in [3.8, 4) is 5.75 Å². The van der Waals surface area contributed by atoms with Crippen LogP contribution in [0, 0.1) is 0 Å². The maximum absolute atomic E-state index is 12.4. The number of nitrogens with two attached hydrogens (primary N) is 1. The summed E-state index contributed by atoms with van der Waals surface area (Å²) >= 11 is 0. The standard InChI is InChI=1S/C13H15F3N2O2/c1-8(6-10-7-19-12(17)18-10)20-11-4-2-9(3-5-11)13(14,15)16/h2-5,8,10H,6-7H2,1H3,(H2,17,18). The lowest BCUT2D eigenvalue weighted by Crippen LogP contribution is -2.20. The fourth-order valence-electron chi connectivity index (χ4n) is 1.94. The van der Waals surface area contributed by atoms with Crippen LogP contribution < -0.4 is 10.5 Å². The molecule has 2 N–H and O–H groups in total. The van der Waals surface area contributed by atoms with Crippen molar-refractivity contribution in [3.05, 3.63) is 29.8 Å². The molecule has 0 amide bonds. The molecule has 0 aromatic heterocycles. The Hall–Kier alpha value is -1.92. The Balaban J connectivity index is 1.90. The molecule has 0 saturated heterocycles. The molecule has 0 fully saturated rings. The first-order valence-corrected chi connectivity index (χ1v) is 6.14. The first-order chi connectivity index (χ1) is 9.34. The topological polar surface area (TPSA) is 56.8 Å². The summed E-state index contributed by atoms with van der Waals surface area (Å²) in [5.74, 6) is 0.390. The third-order valence-corrected chi connectivity index (χ3v) is 2.86. The Morgan fingerprint density at radius 3 is 2.55 bits per heavy atom. The molecule has 2 unspecified atom stereocenters. The van der Waals surface area contributed by atoms with Crippen molar-refractivity contribution in [2.75, 3.05) is 6.61 Å². The van der Waals surface area contributed by atoms with E-state index in [-0.39, 0.29) is 18.2 Å². The zero-order valence-electron chi connectivity index (χ0n) is 10.9. The summed E-state index contributed by atoms with van der Waals surface area (Å²) in [4.78, 5) is 4.06. The van der Waals surface area contributed by atoms with E-state index in [4.69, 9.17) is 15.2 Å². The molecule has 0 spiro atoms. The van der Waals surface area contributed by atoms with Crippen molar-refractivity contribution in [2.24, 2.45) is 10.7 Å². The highest BCUT2D eigenvalue weighted by molar-refractivity contribution is 5.73. The summed E-state index contributed by atoms with van der Waals surface area (Å²) in [7, 11) is 0. The highest BCUT2D eigenvalue weighted by Gasteiger charge is 2.30. The molecule has 7 heteroatoms. The lowest BCUT2D eigenvalue weighted by Gasteiger charge is -2.16. The largest absolute Gasteiger partial charge is 0.491 e. The summed E-state index contributed by atoms with van der Waals surface area (Å²) in [6, 6.07) is 4.70. The van der Waals surface area contributed by atoms with E-state index in [9.17, 15) is 13.2 Å². The van der Waals surface area contributed by atoms with Gasteiger partial charge >= 0.3 is 6.18 Å². The molecule has 0 radical (unpaired) electrons. The highest BCUT2D eigenvalue weighted by Crippen LogP contribution is 2.30. The number of amidine groups is 1. The normalized spacial score (nSPS) is 20.2. The fraction of sp³-hybridized carbons (Fsp3) is 0.462. The summed E-state index contributed by atoms with van der Waals surface area (Å²) in [6.45, 7) is 2.23. The summed E-state index contributed by atoms with van der Waals surface area (Å²) in [6.07, 6.45) is -3.95. The Morgan fingerprint density at radius 2 is 2.05 bits per heavy atom. The number of halogens is 3. The molecule has 20 heavy (non-hydrogen) atoms. The number of ether oxygens (including phenoxy) is 2. The van der Waals surface area contributed by atoms with Crippen LogP contribution in [0.15, 0.2) is 29.3 Å². The number of benzene rings is 1. The second-order valence-electron chi connectivity index (χ2n) is 4.62. The van der Waals surface area contributed by atoms with Crippen molar-refractivity contribution < 1.29 is 22.6 Å². The highest BCUT2D eigenvalue weighted by atomic mass is 19.4. The Morgan fingerprint density at radius 1 is 1.40 bits per heavy atom. The SMILES string of the molecule is CC(CC1COC(N)=N1)Oc1ccc(C(F)(F)F)cc1. The Labute approximate surface area is 114 Å². The average molecular weight is 288 g/mol. The molecule has 1 heterocycles. The molecule has 2 rings (SSSR count). The number of aliphatic imine (C=N–C) groups is 1. The number of hydrogen-bond acceptors (Lipinski definition) is 4. The van der Waals surface area contributed by atoms with Gasteiger partial charge in [-0.1, -0.05) is 0 Å². The molecule has 1 aromatic rings. The van der Waals surface area contributed by atoms with Crippen LogP contribution in [-0.2, 0) is 10.9 Å². The third kappa shape index (κ3) is 3.79. The van der Waals surface area contributed by atoms with Gasteiger partial charge in [-0.2, -0.15) is 13.2 Å². The average Bonchev–Trinajstić information content (AvgIpc) is 2.74. The smallest absolute Gasteiger partial charge is 0.416 e. The van der Waals surface area contributed by atoms with E-state index in [2.05, 4.69) is 4.99 Å². The fourth-order valence-corrected chi connectivity index (χ4v) is 1.94. The second-order valence-corrected chi connectivity index (χ2v) is 4.62. The van der Waals surface area contributed by atoms with Crippen molar-refractivity contribution >= 4 is 6.02 Å². The summed E-state index contributed by atoms with van der Waals surface area (Å²) < 4.78 is 47.8. The molecule has 0 aliphatic carbocycles. The minimum absolute atomic E-state index is 0.0700. The van der Waals surface area contributed by atoms with Crippen LogP contribution in [0.2, 0.25) is 0 Å². The lowest BCUT2D eigenvalue weighted by molar-refractivity contribution is -0.137. The number of rotatable bonds is 4. The van der Waals surface area contributed by atoms with E-state index in [0.29, 0.717) is 18.8 Å². The van der Waals surface area contributed by atoms with E-state index in [1.54, 1.807) is 0 Å². The van der Waals surface area contributed by atoms with Crippen molar-refractivity contribution in [1.82, 2.24) is 0 Å². The van der Waals surface area contributed by atoms with Crippen LogP contribution in [0.1, 0.15) is 18.9 Å². The Bertz CT molecular complexity index is 485. The zero-order chi connectivity index (χ0) is 14.8. The van der Waals surface area contributed by atoms with Crippen LogP contribution in [0.5, 0.6) is 5.75 Å². The van der Waals surface area contributed by atoms with Crippen molar-refractivity contribution in [1.29, 1.82) is 0 Å². The van der Waals surface area contributed by atoms with Crippen LogP contribution in [-0.4, -0.2) is 24.8 Å². The molecule has 1 aliphatic heterocycles. The van der Waals surface area contributed by atoms with Crippen molar-refractivity contribution in [2.45, 2.75) is 31.7 Å². The second kappa shape index (κ2) is 5.60. The van der Waals surface area contributed by atoms with Crippen LogP contribution in [0.4, 0.5) is 13.2 Å². The van der Waals surface area contributed by atoms with Crippen molar-refractivity contribution in [3.63, 3.8) is 0 Å². The molecule has 0 bridgehead atoms. The van der Waals surface area contributed by atoms with Gasteiger partial charge in [0.1, 0.15) is 12.4 Å². The van der Waals surface area contributed by atoms with Gasteiger partial charge in [0, 0.05) is 6.42 Å². The minimum Gasteiger partial charge on any atom is -0.491 e. The van der Waals surface area contributed by atoms with E-state index in [0.717, 1.165) is 12.1 Å². The predicted octanol–water partition coefficient (Wildman–Crippen LogP) is 2.58. The van der Waals surface area contributed by atoms with Gasteiger partial charge in [-0.25, -0.2) is 4.99 Å². The van der Waals surface area contributed by atoms with E-state index in [1.165, 1.54) is 12.1 Å². The zero-order valence-corrected chi connectivity index (χ0v) is 10.9. The molecule has 0 saturated carbocycles. The van der Waals surface area contributed by atoms with Gasteiger partial charge in [-0.3, -0.25) is 0 Å². The monoisotopic (exact) mass is 288 g/mol. The van der Waals surface area contributed by atoms with E-state index < -0.39 is 11.7 Å². The minimum atomic E-state index is -4.34. The lowest BCUT2D eigenvalue weighted by atomic mass is 10.1. The summed E-state index contributed by atoms with van der Waals surface area (Å²) in [5.41, 5.74) is 4.70. The maximum atomic E-state index is 12.4. The molecular weight excluding hydrogens is 273 g/mol. The third-order valence-electron chi connectivity index (χ3n) is 2.86. The first-order valence-electron chi connectivity index (χ1n) is 6.14. The van der Waals surface area contributed by atoms with Gasteiger partial charge in [0.25, 0.3) is 6.02 Å². The van der Waals surface area contributed by atoms with Crippen LogP contribution in [0.25, 0.3) is 0 Å². The van der Waals surface area contributed by atoms with E-state index >= 15 is 0 Å². The molecular formula is C13H15F3N2O2. The molecule has 2 atom stereocenters. The molecule has 4 nitrogen and oxygen atoms in total. The maximum Gasteiger partial charge on any atom is 0.416 e. The number of alkyl halides is 3. The summed E-state index contributed by atoms with van der Waals surface area (Å²) in [5, 5.41) is 0. The van der Waals surface area contributed by atoms with Gasteiger partial charge in [0.2, 0.25) is 0 Å². The van der Waals surface area contributed by atoms with Gasteiger partial charge < -0.3 is 15.2 Å². The van der Waals surface area contributed by atoms with Gasteiger partial charge in [-0.05, 0) is 31.2 Å². The predicted molar refractivity (Wildman–Crippen MR) is 67.5 cm³/mol. The van der Waals surface area contributed by atoms with Crippen LogP contribution in [0.3, 0.4) is 0 Å². The number of nitrogens with zero attached hydrogens (tertiary/aromatic N) is 1. The molecule has 110 valence electrons.